The van der Waals surface area contributed by atoms with E-state index in [1.807, 2.05) is 30.3 Å². The molecule has 0 saturated carbocycles. The monoisotopic (exact) mass is 415 g/mol. The molecule has 0 saturated heterocycles. The summed E-state index contributed by atoms with van der Waals surface area (Å²) in [5, 5.41) is 3.42. The lowest BCUT2D eigenvalue weighted by Crippen LogP contribution is -2.44. The SMILES string of the molecule is COCCNC(=O)[C@@H](C)n1c(=O)n(Cc2ccccc2)c(=O)c2ccc(Cl)cc21. The van der Waals surface area contributed by atoms with Gasteiger partial charge < -0.3 is 10.1 Å². The van der Waals surface area contributed by atoms with Crippen LogP contribution in [0, 0.1) is 0 Å². The Kier molecular flexibility index (Phi) is 6.51. The molecule has 0 bridgehead atoms. The maximum absolute atomic E-state index is 13.3. The molecule has 0 aliphatic heterocycles. The standard InChI is InChI=1S/C21H22ClN3O4/c1-14(19(26)23-10-11-29-2)25-18-12-16(22)8-9-17(18)20(27)24(21(25)28)13-15-6-4-3-5-7-15/h3-9,12,14H,10-11,13H2,1-2H3,(H,23,26)/t14-/m1/s1. The van der Waals surface area contributed by atoms with E-state index in [-0.39, 0.29) is 12.5 Å². The van der Waals surface area contributed by atoms with E-state index >= 15 is 0 Å². The lowest BCUT2D eigenvalue weighted by Gasteiger charge is -2.20. The van der Waals surface area contributed by atoms with Crippen molar-refractivity contribution >= 4 is 28.4 Å². The van der Waals surface area contributed by atoms with Crippen molar-refractivity contribution in [2.75, 3.05) is 20.3 Å². The van der Waals surface area contributed by atoms with Gasteiger partial charge in [0.25, 0.3) is 5.56 Å². The minimum atomic E-state index is -0.844. The zero-order chi connectivity index (χ0) is 21.0. The van der Waals surface area contributed by atoms with E-state index in [4.69, 9.17) is 16.3 Å². The first-order valence-corrected chi connectivity index (χ1v) is 9.57. The Morgan fingerprint density at radius 2 is 1.90 bits per heavy atom. The van der Waals surface area contributed by atoms with Gasteiger partial charge in [-0.1, -0.05) is 41.9 Å². The Hall–Kier alpha value is -2.90. The molecule has 0 spiro atoms. The van der Waals surface area contributed by atoms with Gasteiger partial charge in [0.05, 0.1) is 24.1 Å². The number of ether oxygens (including phenoxy) is 1. The van der Waals surface area contributed by atoms with Gasteiger partial charge >= 0.3 is 5.69 Å². The normalized spacial score (nSPS) is 12.1. The van der Waals surface area contributed by atoms with Crippen molar-refractivity contribution in [2.45, 2.75) is 19.5 Å². The zero-order valence-electron chi connectivity index (χ0n) is 16.2. The predicted molar refractivity (Wildman–Crippen MR) is 113 cm³/mol. The number of amides is 1. The summed E-state index contributed by atoms with van der Waals surface area (Å²) in [6.07, 6.45) is 0. The van der Waals surface area contributed by atoms with Crippen molar-refractivity contribution in [1.82, 2.24) is 14.5 Å². The molecular formula is C21H22ClN3O4. The number of aromatic nitrogens is 2. The van der Waals surface area contributed by atoms with Crippen molar-refractivity contribution < 1.29 is 9.53 Å². The maximum Gasteiger partial charge on any atom is 0.332 e. The fraction of sp³-hybridized carbons (Fsp3) is 0.286. The van der Waals surface area contributed by atoms with E-state index in [0.717, 1.165) is 10.1 Å². The van der Waals surface area contributed by atoms with Crippen LogP contribution < -0.4 is 16.6 Å². The number of rotatable bonds is 7. The third kappa shape index (κ3) is 4.41. The van der Waals surface area contributed by atoms with Crippen LogP contribution in [0.15, 0.2) is 58.1 Å². The molecule has 29 heavy (non-hydrogen) atoms. The minimum Gasteiger partial charge on any atom is -0.383 e. The Morgan fingerprint density at radius 1 is 1.17 bits per heavy atom. The molecule has 0 unspecified atom stereocenters. The summed E-state index contributed by atoms with van der Waals surface area (Å²) in [6, 6.07) is 13.1. The summed E-state index contributed by atoms with van der Waals surface area (Å²) in [5.41, 5.74) is 0.145. The third-order valence-corrected chi connectivity index (χ3v) is 4.92. The smallest absolute Gasteiger partial charge is 0.332 e. The highest BCUT2D eigenvalue weighted by Crippen LogP contribution is 2.19. The van der Waals surface area contributed by atoms with Crippen molar-refractivity contribution in [3.63, 3.8) is 0 Å². The summed E-state index contributed by atoms with van der Waals surface area (Å²) in [7, 11) is 1.54. The second kappa shape index (κ2) is 9.07. The van der Waals surface area contributed by atoms with Crippen LogP contribution in [0.1, 0.15) is 18.5 Å². The Bertz CT molecular complexity index is 1140. The van der Waals surface area contributed by atoms with Gasteiger partial charge in [0.1, 0.15) is 6.04 Å². The van der Waals surface area contributed by atoms with Gasteiger partial charge in [-0.3, -0.25) is 18.7 Å². The van der Waals surface area contributed by atoms with Crippen LogP contribution in [-0.2, 0) is 16.1 Å². The molecule has 152 valence electrons. The summed E-state index contributed by atoms with van der Waals surface area (Å²) < 4.78 is 7.40. The maximum atomic E-state index is 13.3. The molecule has 7 nitrogen and oxygen atoms in total. The highest BCUT2D eigenvalue weighted by molar-refractivity contribution is 6.31. The number of hydrogen-bond donors (Lipinski definition) is 1. The largest absolute Gasteiger partial charge is 0.383 e. The average Bonchev–Trinajstić information content (AvgIpc) is 2.71. The minimum absolute atomic E-state index is 0.106. The molecule has 3 aromatic rings. The number of carbonyl (C=O) groups excluding carboxylic acids is 1. The molecule has 1 N–H and O–H groups in total. The first-order valence-electron chi connectivity index (χ1n) is 9.19. The van der Waals surface area contributed by atoms with E-state index in [0.29, 0.717) is 29.1 Å². The van der Waals surface area contributed by atoms with Crippen molar-refractivity contribution in [3.8, 4) is 0 Å². The number of fused-ring (bicyclic) bond motifs is 1. The molecular weight excluding hydrogens is 394 g/mol. The number of methoxy groups -OCH3 is 1. The molecule has 1 heterocycles. The predicted octanol–water partition coefficient (Wildman–Crippen LogP) is 2.19. The van der Waals surface area contributed by atoms with Crippen LogP contribution in [-0.4, -0.2) is 35.3 Å². The molecule has 1 amide bonds. The molecule has 8 heteroatoms. The van der Waals surface area contributed by atoms with Gasteiger partial charge in [-0.05, 0) is 30.7 Å². The van der Waals surface area contributed by atoms with E-state index < -0.39 is 17.3 Å². The van der Waals surface area contributed by atoms with Crippen molar-refractivity contribution in [1.29, 1.82) is 0 Å². The average molecular weight is 416 g/mol. The molecule has 3 rings (SSSR count). The second-order valence-corrected chi connectivity index (χ2v) is 7.09. The fourth-order valence-corrected chi connectivity index (χ4v) is 3.34. The van der Waals surface area contributed by atoms with Gasteiger partial charge in [0, 0.05) is 18.7 Å². The van der Waals surface area contributed by atoms with Crippen molar-refractivity contribution in [2.24, 2.45) is 0 Å². The van der Waals surface area contributed by atoms with Gasteiger partial charge in [0.2, 0.25) is 5.91 Å². The molecule has 0 aliphatic carbocycles. The molecule has 0 aliphatic rings. The van der Waals surface area contributed by atoms with E-state index in [2.05, 4.69) is 5.32 Å². The third-order valence-electron chi connectivity index (χ3n) is 4.69. The highest BCUT2D eigenvalue weighted by Gasteiger charge is 2.22. The summed E-state index contributed by atoms with van der Waals surface area (Å²) in [6.45, 7) is 2.39. The number of carbonyl (C=O) groups is 1. The molecule has 0 fully saturated rings. The number of hydrogen-bond acceptors (Lipinski definition) is 4. The van der Waals surface area contributed by atoms with Crippen LogP contribution in [0.25, 0.3) is 10.9 Å². The van der Waals surface area contributed by atoms with Gasteiger partial charge in [-0.2, -0.15) is 0 Å². The van der Waals surface area contributed by atoms with E-state index in [9.17, 15) is 14.4 Å². The molecule has 1 aromatic heterocycles. The van der Waals surface area contributed by atoms with Crippen molar-refractivity contribution in [3.05, 3.63) is 80.0 Å². The number of halogens is 1. The highest BCUT2D eigenvalue weighted by atomic mass is 35.5. The Labute approximate surface area is 172 Å². The first kappa shape index (κ1) is 20.8. The quantitative estimate of drug-likeness (QED) is 0.600. The Balaban J connectivity index is 2.16. The van der Waals surface area contributed by atoms with Gasteiger partial charge in [-0.15, -0.1) is 0 Å². The van der Waals surface area contributed by atoms with Crippen LogP contribution >= 0.6 is 11.6 Å². The van der Waals surface area contributed by atoms with E-state index in [1.54, 1.807) is 19.1 Å². The summed E-state index contributed by atoms with van der Waals surface area (Å²) >= 11 is 6.11. The van der Waals surface area contributed by atoms with Crippen LogP contribution in [0.2, 0.25) is 5.02 Å². The van der Waals surface area contributed by atoms with Gasteiger partial charge in [-0.25, -0.2) is 4.79 Å². The molecule has 2 aromatic carbocycles. The number of nitrogens with zero attached hydrogens (tertiary/aromatic N) is 2. The topological polar surface area (TPSA) is 82.3 Å². The van der Waals surface area contributed by atoms with Gasteiger partial charge in [0.15, 0.2) is 0 Å². The lowest BCUT2D eigenvalue weighted by molar-refractivity contribution is -0.124. The summed E-state index contributed by atoms with van der Waals surface area (Å²) in [4.78, 5) is 38.9. The van der Waals surface area contributed by atoms with Crippen LogP contribution in [0.5, 0.6) is 0 Å². The van der Waals surface area contributed by atoms with E-state index in [1.165, 1.54) is 17.7 Å². The fourth-order valence-electron chi connectivity index (χ4n) is 3.17. The summed E-state index contributed by atoms with van der Waals surface area (Å²) in [5.74, 6) is -0.352. The second-order valence-electron chi connectivity index (χ2n) is 6.65. The molecule has 1 atom stereocenters. The lowest BCUT2D eigenvalue weighted by atomic mass is 10.2. The number of nitrogens with one attached hydrogen (secondary N) is 1. The van der Waals surface area contributed by atoms with Crippen LogP contribution in [0.3, 0.4) is 0 Å². The Morgan fingerprint density at radius 3 is 2.59 bits per heavy atom. The van der Waals surface area contributed by atoms with Crippen LogP contribution in [0.4, 0.5) is 0 Å². The first-order chi connectivity index (χ1) is 13.9. The molecule has 0 radical (unpaired) electrons. The zero-order valence-corrected chi connectivity index (χ0v) is 17.0. The number of benzene rings is 2.